The van der Waals surface area contributed by atoms with Gasteiger partial charge in [0, 0.05) is 17.6 Å². The van der Waals surface area contributed by atoms with Gasteiger partial charge in [-0.05, 0) is 13.8 Å². The van der Waals surface area contributed by atoms with Crippen LogP contribution in [0, 0.1) is 0 Å². The van der Waals surface area contributed by atoms with E-state index in [-0.39, 0.29) is 6.08 Å². The Bertz CT molecular complexity index is 880. The molecule has 0 heterocycles. The maximum Gasteiger partial charge on any atom is 0.381 e. The highest BCUT2D eigenvalue weighted by Gasteiger charge is 2.76. The largest absolute Gasteiger partial charge is 0.478 e. The molecule has 0 aliphatic heterocycles. The normalized spacial score (nSPS) is 14.3. The van der Waals surface area contributed by atoms with Crippen molar-refractivity contribution in [1.29, 1.82) is 0 Å². The maximum absolute atomic E-state index is 12.9. The molecule has 0 rings (SSSR count). The zero-order valence-electron chi connectivity index (χ0n) is 18.6. The Kier molecular flexibility index (Phi) is 12.3. The zero-order valence-corrected chi connectivity index (χ0v) is 18.6. The molecule has 0 aromatic rings. The van der Waals surface area contributed by atoms with Gasteiger partial charge in [0.2, 0.25) is 0 Å². The average Bonchev–Trinajstić information content (AvgIpc) is 2.75. The number of allylic oxidation sites excluding steroid dienone is 1. The third-order valence-corrected chi connectivity index (χ3v) is 4.04. The van der Waals surface area contributed by atoms with E-state index in [1.807, 2.05) is 0 Å². The van der Waals surface area contributed by atoms with Crippen LogP contribution in [0.1, 0.15) is 20.3 Å². The molecule has 0 aliphatic rings. The van der Waals surface area contributed by atoms with Gasteiger partial charge in [-0.1, -0.05) is 12.7 Å². The molecule has 0 aliphatic carbocycles. The van der Waals surface area contributed by atoms with E-state index in [1.165, 1.54) is 0 Å². The molecule has 0 aromatic heterocycles. The number of carbonyl (C=O) groups is 2. The summed E-state index contributed by atoms with van der Waals surface area (Å²) in [5.74, 6) is -39.7. The first kappa shape index (κ1) is 37.5. The second-order valence-corrected chi connectivity index (χ2v) is 7.16. The maximum atomic E-state index is 12.9. The van der Waals surface area contributed by atoms with Crippen molar-refractivity contribution in [2.45, 2.75) is 68.7 Å². The van der Waals surface area contributed by atoms with Gasteiger partial charge in [-0.15, -0.1) is 0 Å². The number of carbonyl (C=O) groups excluding carboxylic acids is 1. The van der Waals surface area contributed by atoms with E-state index in [9.17, 15) is 79.8 Å². The predicted molar refractivity (Wildman–Crippen MR) is 93.5 cm³/mol. The molecular weight excluding hydrogens is 584 g/mol. The van der Waals surface area contributed by atoms with E-state index in [4.69, 9.17) is 5.11 Å². The molecule has 1 N–H and O–H groups in total. The summed E-state index contributed by atoms with van der Waals surface area (Å²) in [6.45, 7) is 2.17. The van der Waals surface area contributed by atoms with Gasteiger partial charge >= 0.3 is 60.3 Å². The summed E-state index contributed by atoms with van der Waals surface area (Å²) in [7, 11) is 0. The van der Waals surface area contributed by atoms with Crippen LogP contribution in [-0.2, 0) is 14.3 Å². The molecule has 0 radical (unpaired) electrons. The Morgan fingerprint density at radius 3 is 1.39 bits per heavy atom. The van der Waals surface area contributed by atoms with Crippen LogP contribution in [0.2, 0.25) is 0 Å². The summed E-state index contributed by atoms with van der Waals surface area (Å²) in [5, 5.41) is 8.26. The van der Waals surface area contributed by atoms with Gasteiger partial charge in [0.25, 0.3) is 0 Å². The van der Waals surface area contributed by atoms with Crippen LogP contribution >= 0.6 is 0 Å². The van der Waals surface area contributed by atoms with Crippen LogP contribution in [0.4, 0.5) is 70.2 Å². The second-order valence-electron chi connectivity index (χ2n) is 7.16. The number of rotatable bonds is 12. The van der Waals surface area contributed by atoms with Gasteiger partial charge in [-0.25, -0.2) is 27.2 Å². The Morgan fingerprint density at radius 2 is 1.11 bits per heavy atom. The minimum atomic E-state index is -6.39. The van der Waals surface area contributed by atoms with Gasteiger partial charge in [-0.3, -0.25) is 0 Å². The quantitative estimate of drug-likeness (QED) is 0.151. The summed E-state index contributed by atoms with van der Waals surface area (Å²) < 4.78 is 202. The van der Waals surface area contributed by atoms with Crippen molar-refractivity contribution in [3.05, 3.63) is 23.8 Å². The first-order valence-electron chi connectivity index (χ1n) is 9.10. The summed E-state index contributed by atoms with van der Waals surface area (Å²) in [5.41, 5.74) is -1.27. The SMILES string of the molecule is C=C(C)C(=O)OCC(F)(F)C(F)(F)C(F)(F)C(F)F.CC(=CCC(F)(F)C(F)(F)C(F)(F)C(F)F)C(=O)O. The first-order chi connectivity index (χ1) is 16.5. The van der Waals surface area contributed by atoms with Crippen LogP contribution in [-0.4, -0.2) is 72.0 Å². The standard InChI is InChI=1S/2C9H8F8O2/c1-4(2)5(18)19-3-7(12,13)9(16,17)8(14,15)6(10)11;1-4(5(18)19)2-3-7(12,13)9(16,17)8(14,15)6(10)11/h6H,1,3H2,2H3;2,6H,3H2,1H3,(H,18,19). The van der Waals surface area contributed by atoms with Crippen molar-refractivity contribution < 1.29 is 89.7 Å². The molecule has 0 fully saturated rings. The van der Waals surface area contributed by atoms with E-state index < -0.39 is 84.5 Å². The minimum Gasteiger partial charge on any atom is -0.478 e. The number of halogens is 16. The molecule has 0 spiro atoms. The van der Waals surface area contributed by atoms with Crippen LogP contribution in [0.25, 0.3) is 0 Å². The van der Waals surface area contributed by atoms with E-state index in [2.05, 4.69) is 11.3 Å². The van der Waals surface area contributed by atoms with Crippen LogP contribution in [0.15, 0.2) is 23.8 Å². The van der Waals surface area contributed by atoms with Crippen LogP contribution < -0.4 is 0 Å². The third-order valence-electron chi connectivity index (χ3n) is 4.04. The molecule has 0 atom stereocenters. The van der Waals surface area contributed by atoms with Crippen molar-refractivity contribution in [3.63, 3.8) is 0 Å². The molecule has 0 saturated heterocycles. The fraction of sp³-hybridized carbons (Fsp3) is 0.667. The van der Waals surface area contributed by atoms with Gasteiger partial charge < -0.3 is 9.84 Å². The molecule has 0 saturated carbocycles. The van der Waals surface area contributed by atoms with E-state index in [0.717, 1.165) is 13.8 Å². The molecule has 0 bridgehead atoms. The van der Waals surface area contributed by atoms with E-state index in [1.54, 1.807) is 0 Å². The van der Waals surface area contributed by atoms with E-state index in [0.29, 0.717) is 0 Å². The number of carboxylic acid groups (broad SMARTS) is 1. The fourth-order valence-corrected chi connectivity index (χ4v) is 1.63. The zero-order chi connectivity index (χ0) is 31.3. The van der Waals surface area contributed by atoms with Crippen LogP contribution in [0.3, 0.4) is 0 Å². The van der Waals surface area contributed by atoms with Crippen molar-refractivity contribution in [1.82, 2.24) is 0 Å². The Balaban J connectivity index is 0. The summed E-state index contributed by atoms with van der Waals surface area (Å²) >= 11 is 0. The van der Waals surface area contributed by atoms with Crippen molar-refractivity contribution in [3.8, 4) is 0 Å². The topological polar surface area (TPSA) is 63.6 Å². The molecule has 0 amide bonds. The van der Waals surface area contributed by atoms with Gasteiger partial charge in [0.1, 0.15) is 0 Å². The molecule has 4 nitrogen and oxygen atoms in total. The summed E-state index contributed by atoms with van der Waals surface area (Å²) in [6.07, 6.45) is -12.1. The van der Waals surface area contributed by atoms with E-state index >= 15 is 0 Å². The smallest absolute Gasteiger partial charge is 0.381 e. The summed E-state index contributed by atoms with van der Waals surface area (Å²) in [6, 6.07) is 0. The average molecular weight is 600 g/mol. The molecule has 224 valence electrons. The number of aliphatic carboxylic acids is 1. The third kappa shape index (κ3) is 8.15. The highest BCUT2D eigenvalue weighted by Crippen LogP contribution is 2.50. The first-order valence-corrected chi connectivity index (χ1v) is 9.10. The number of carboxylic acids is 1. The minimum absolute atomic E-state index is 0.0534. The Hall–Kier alpha value is -2.70. The molecular formula is C18H16F16O4. The number of hydrogen-bond donors (Lipinski definition) is 1. The molecule has 0 unspecified atom stereocenters. The van der Waals surface area contributed by atoms with Crippen molar-refractivity contribution >= 4 is 11.9 Å². The lowest BCUT2D eigenvalue weighted by molar-refractivity contribution is -0.344. The molecule has 20 heteroatoms. The molecule has 38 heavy (non-hydrogen) atoms. The van der Waals surface area contributed by atoms with Gasteiger partial charge in [0.05, 0.1) is 0 Å². The Morgan fingerprint density at radius 1 is 0.763 bits per heavy atom. The van der Waals surface area contributed by atoms with Crippen molar-refractivity contribution in [2.24, 2.45) is 0 Å². The lowest BCUT2D eigenvalue weighted by atomic mass is 10.0. The second kappa shape index (κ2) is 12.4. The number of ether oxygens (including phenoxy) is 1. The van der Waals surface area contributed by atoms with Gasteiger partial charge in [-0.2, -0.15) is 52.7 Å². The lowest BCUT2D eigenvalue weighted by Crippen LogP contribution is -2.59. The number of esters is 1. The van der Waals surface area contributed by atoms with Crippen LogP contribution in [0.5, 0.6) is 0 Å². The lowest BCUT2D eigenvalue weighted by Gasteiger charge is -2.31. The molecule has 0 aromatic carbocycles. The number of hydrogen-bond acceptors (Lipinski definition) is 3. The highest BCUT2D eigenvalue weighted by molar-refractivity contribution is 5.87. The summed E-state index contributed by atoms with van der Waals surface area (Å²) in [4.78, 5) is 20.9. The highest BCUT2D eigenvalue weighted by atomic mass is 19.4. The Labute approximate surface area is 201 Å². The van der Waals surface area contributed by atoms with Crippen molar-refractivity contribution in [2.75, 3.05) is 6.61 Å². The van der Waals surface area contributed by atoms with Gasteiger partial charge in [0.15, 0.2) is 6.61 Å². The predicted octanol–water partition coefficient (Wildman–Crippen LogP) is 6.86. The fourth-order valence-electron chi connectivity index (χ4n) is 1.63. The number of alkyl halides is 16. The monoisotopic (exact) mass is 600 g/mol.